The summed E-state index contributed by atoms with van der Waals surface area (Å²) in [7, 11) is 0. The highest BCUT2D eigenvalue weighted by Gasteiger charge is 2.21. The lowest BCUT2D eigenvalue weighted by Gasteiger charge is -2.16. The second kappa shape index (κ2) is 4.85. The van der Waals surface area contributed by atoms with Crippen molar-refractivity contribution in [2.45, 2.75) is 12.8 Å². The first-order valence-electron chi connectivity index (χ1n) is 7.20. The van der Waals surface area contributed by atoms with Gasteiger partial charge in [-0.25, -0.2) is 0 Å². The van der Waals surface area contributed by atoms with Crippen molar-refractivity contribution in [3.8, 4) is 0 Å². The van der Waals surface area contributed by atoms with Gasteiger partial charge in [0.05, 0.1) is 0 Å². The maximum Gasteiger partial charge on any atom is 0.0285 e. The molecule has 102 valence electrons. The number of benzene rings is 3. The molecule has 0 radical (unpaired) electrons. The Morgan fingerprint density at radius 3 is 2.62 bits per heavy atom. The van der Waals surface area contributed by atoms with Crippen molar-refractivity contribution < 1.29 is 0 Å². The first kappa shape index (κ1) is 12.8. The van der Waals surface area contributed by atoms with Crippen molar-refractivity contribution in [1.82, 2.24) is 0 Å². The average Bonchev–Trinajstić information content (AvgIpc) is 2.90. The van der Waals surface area contributed by atoms with Gasteiger partial charge in [0.15, 0.2) is 0 Å². The molecule has 4 rings (SSSR count). The first-order chi connectivity index (χ1) is 10.2. The molecule has 0 spiro atoms. The molecule has 0 bridgehead atoms. The van der Waals surface area contributed by atoms with Crippen molar-refractivity contribution in [3.63, 3.8) is 0 Å². The van der Waals surface area contributed by atoms with Crippen LogP contribution in [0.2, 0.25) is 0 Å². The predicted molar refractivity (Wildman–Crippen MR) is 93.7 cm³/mol. The summed E-state index contributed by atoms with van der Waals surface area (Å²) in [5, 5.41) is 2.63. The SMILES string of the molecule is Cc1cc(Br)c2c(C3C=Cc4ccccc43)cccc2c1. The summed E-state index contributed by atoms with van der Waals surface area (Å²) in [6, 6.07) is 19.7. The zero-order chi connectivity index (χ0) is 14.4. The Labute approximate surface area is 133 Å². The van der Waals surface area contributed by atoms with E-state index >= 15 is 0 Å². The molecule has 3 aromatic carbocycles. The Kier molecular flexibility index (Phi) is 2.97. The van der Waals surface area contributed by atoms with Gasteiger partial charge in [0.2, 0.25) is 0 Å². The molecule has 0 aliphatic heterocycles. The Morgan fingerprint density at radius 1 is 0.905 bits per heavy atom. The summed E-state index contributed by atoms with van der Waals surface area (Å²) in [4.78, 5) is 0. The van der Waals surface area contributed by atoms with Crippen molar-refractivity contribution in [3.05, 3.63) is 87.4 Å². The van der Waals surface area contributed by atoms with E-state index in [1.54, 1.807) is 0 Å². The third-order valence-corrected chi connectivity index (χ3v) is 4.87. The normalized spacial score (nSPS) is 16.4. The van der Waals surface area contributed by atoms with Gasteiger partial charge in [0.25, 0.3) is 0 Å². The van der Waals surface area contributed by atoms with Crippen LogP contribution in [0.3, 0.4) is 0 Å². The zero-order valence-electron chi connectivity index (χ0n) is 11.8. The fourth-order valence-corrected chi connectivity index (χ4v) is 4.14. The summed E-state index contributed by atoms with van der Waals surface area (Å²) >= 11 is 3.76. The summed E-state index contributed by atoms with van der Waals surface area (Å²) < 4.78 is 1.19. The summed E-state index contributed by atoms with van der Waals surface area (Å²) in [5.41, 5.74) is 5.40. The van der Waals surface area contributed by atoms with Gasteiger partial charge >= 0.3 is 0 Å². The fourth-order valence-electron chi connectivity index (χ4n) is 3.32. The van der Waals surface area contributed by atoms with Crippen molar-refractivity contribution in [2.75, 3.05) is 0 Å². The lowest BCUT2D eigenvalue weighted by Crippen LogP contribution is -1.97. The number of hydrogen-bond acceptors (Lipinski definition) is 0. The second-order valence-corrected chi connectivity index (χ2v) is 6.51. The van der Waals surface area contributed by atoms with Crippen LogP contribution >= 0.6 is 15.9 Å². The molecular formula is C20H15Br. The van der Waals surface area contributed by atoms with E-state index in [9.17, 15) is 0 Å². The van der Waals surface area contributed by atoms with E-state index in [0.717, 1.165) is 0 Å². The topological polar surface area (TPSA) is 0 Å². The average molecular weight is 335 g/mol. The fraction of sp³-hybridized carbons (Fsp3) is 0.100. The molecule has 3 aromatic rings. The van der Waals surface area contributed by atoms with Crippen LogP contribution in [-0.4, -0.2) is 0 Å². The summed E-state index contributed by atoms with van der Waals surface area (Å²) in [6.45, 7) is 2.14. The van der Waals surface area contributed by atoms with E-state index < -0.39 is 0 Å². The molecule has 0 fully saturated rings. The maximum atomic E-state index is 3.76. The number of aryl methyl sites for hydroxylation is 1. The van der Waals surface area contributed by atoms with Crippen molar-refractivity contribution in [2.24, 2.45) is 0 Å². The molecule has 1 unspecified atom stereocenters. The smallest absolute Gasteiger partial charge is 0.0285 e. The number of rotatable bonds is 1. The third-order valence-electron chi connectivity index (χ3n) is 4.24. The highest BCUT2D eigenvalue weighted by Crippen LogP contribution is 2.40. The third kappa shape index (κ3) is 2.04. The van der Waals surface area contributed by atoms with E-state index in [4.69, 9.17) is 0 Å². The van der Waals surface area contributed by atoms with Crippen molar-refractivity contribution in [1.29, 1.82) is 0 Å². The van der Waals surface area contributed by atoms with Crippen LogP contribution in [0.15, 0.2) is 65.1 Å². The van der Waals surface area contributed by atoms with E-state index in [1.807, 2.05) is 0 Å². The lowest BCUT2D eigenvalue weighted by molar-refractivity contribution is 1.06. The van der Waals surface area contributed by atoms with E-state index in [0.29, 0.717) is 5.92 Å². The number of hydrogen-bond donors (Lipinski definition) is 0. The van der Waals surface area contributed by atoms with Gasteiger partial charge in [0, 0.05) is 15.8 Å². The predicted octanol–water partition coefficient (Wildman–Crippen LogP) is 6.07. The van der Waals surface area contributed by atoms with E-state index in [2.05, 4.69) is 89.6 Å². The Bertz CT molecular complexity index is 874. The van der Waals surface area contributed by atoms with Gasteiger partial charge in [-0.3, -0.25) is 0 Å². The van der Waals surface area contributed by atoms with Gasteiger partial charge in [-0.1, -0.05) is 76.6 Å². The summed E-state index contributed by atoms with van der Waals surface area (Å²) in [5.74, 6) is 0.351. The van der Waals surface area contributed by atoms with E-state index in [1.165, 1.54) is 37.5 Å². The van der Waals surface area contributed by atoms with Crippen LogP contribution in [0.4, 0.5) is 0 Å². The van der Waals surface area contributed by atoms with E-state index in [-0.39, 0.29) is 0 Å². The van der Waals surface area contributed by atoms with Crippen LogP contribution in [0.5, 0.6) is 0 Å². The number of fused-ring (bicyclic) bond motifs is 2. The highest BCUT2D eigenvalue weighted by atomic mass is 79.9. The van der Waals surface area contributed by atoms with Crippen LogP contribution in [0.1, 0.15) is 28.2 Å². The molecule has 0 saturated heterocycles. The maximum absolute atomic E-state index is 3.76. The van der Waals surface area contributed by atoms with Crippen molar-refractivity contribution >= 4 is 32.8 Å². The molecule has 0 N–H and O–H groups in total. The molecule has 0 amide bonds. The van der Waals surface area contributed by atoms with Crippen LogP contribution in [0.25, 0.3) is 16.8 Å². The zero-order valence-corrected chi connectivity index (χ0v) is 13.4. The standard InChI is InChI=1S/C20H15Br/c1-13-11-15-6-4-8-18(20(15)19(21)12-13)17-10-9-14-5-2-3-7-16(14)17/h2-12,17H,1H3. The van der Waals surface area contributed by atoms with Crippen LogP contribution in [0, 0.1) is 6.92 Å². The van der Waals surface area contributed by atoms with Gasteiger partial charge in [-0.2, -0.15) is 0 Å². The molecule has 21 heavy (non-hydrogen) atoms. The molecule has 1 aliphatic rings. The molecule has 1 aliphatic carbocycles. The lowest BCUT2D eigenvalue weighted by atomic mass is 9.89. The van der Waals surface area contributed by atoms with Gasteiger partial charge in [-0.05, 0) is 40.6 Å². The minimum Gasteiger partial charge on any atom is -0.0720 e. The molecule has 1 heteroatoms. The molecule has 0 saturated carbocycles. The van der Waals surface area contributed by atoms with Gasteiger partial charge < -0.3 is 0 Å². The monoisotopic (exact) mass is 334 g/mol. The molecule has 1 atom stereocenters. The minimum absolute atomic E-state index is 0.351. The van der Waals surface area contributed by atoms with Gasteiger partial charge in [0.1, 0.15) is 0 Å². The Hall–Kier alpha value is -1.86. The Morgan fingerprint density at radius 2 is 1.71 bits per heavy atom. The molecule has 0 aromatic heterocycles. The van der Waals surface area contributed by atoms with Crippen LogP contribution < -0.4 is 0 Å². The Balaban J connectivity index is 1.99. The molecule has 0 nitrogen and oxygen atoms in total. The van der Waals surface area contributed by atoms with Crippen LogP contribution in [-0.2, 0) is 0 Å². The quantitative estimate of drug-likeness (QED) is 0.506. The largest absolute Gasteiger partial charge is 0.0720 e. The molecular weight excluding hydrogens is 320 g/mol. The first-order valence-corrected chi connectivity index (χ1v) is 7.99. The number of halogens is 1. The van der Waals surface area contributed by atoms with Gasteiger partial charge in [-0.15, -0.1) is 0 Å². The minimum atomic E-state index is 0.351. The number of allylic oxidation sites excluding steroid dienone is 1. The molecule has 0 heterocycles. The highest BCUT2D eigenvalue weighted by molar-refractivity contribution is 9.10. The summed E-state index contributed by atoms with van der Waals surface area (Å²) in [6.07, 6.45) is 4.55. The second-order valence-electron chi connectivity index (χ2n) is 5.66.